The van der Waals surface area contributed by atoms with Crippen LogP contribution in [0.2, 0.25) is 0 Å². The van der Waals surface area contributed by atoms with Crippen LogP contribution in [-0.2, 0) is 9.53 Å². The topological polar surface area (TPSA) is 91.7 Å². The molecule has 0 aliphatic carbocycles. The predicted molar refractivity (Wildman–Crippen MR) is 105 cm³/mol. The number of nitriles is 1. The van der Waals surface area contributed by atoms with Crippen molar-refractivity contribution in [1.82, 2.24) is 4.90 Å². The molecule has 0 saturated heterocycles. The Balaban J connectivity index is 2.21. The maximum absolute atomic E-state index is 12.7. The van der Waals surface area contributed by atoms with Crippen LogP contribution < -0.4 is 5.73 Å². The van der Waals surface area contributed by atoms with Crippen LogP contribution in [-0.4, -0.2) is 22.6 Å². The molecule has 26 heavy (non-hydrogen) atoms. The van der Waals surface area contributed by atoms with Crippen LogP contribution >= 0.6 is 27.7 Å². The van der Waals surface area contributed by atoms with Crippen molar-refractivity contribution in [3.63, 3.8) is 0 Å². The van der Waals surface area contributed by atoms with E-state index >= 15 is 0 Å². The minimum Gasteiger partial charge on any atom is -0.463 e. The number of hydrogen-bond acceptors (Lipinski definition) is 7. The van der Waals surface area contributed by atoms with Gasteiger partial charge in [-0.2, -0.15) is 5.26 Å². The van der Waals surface area contributed by atoms with E-state index in [4.69, 9.17) is 10.5 Å². The number of nitrogens with zero attached hydrogens (tertiary/aromatic N) is 3. The summed E-state index contributed by atoms with van der Waals surface area (Å²) < 4.78 is 6.19. The van der Waals surface area contributed by atoms with E-state index in [-0.39, 0.29) is 6.61 Å². The zero-order valence-electron chi connectivity index (χ0n) is 14.5. The molecule has 0 bridgehead atoms. The van der Waals surface area contributed by atoms with E-state index in [1.54, 1.807) is 18.7 Å². The number of hydrogen-bond donors (Lipinski definition) is 1. The molecule has 134 valence electrons. The van der Waals surface area contributed by atoms with Gasteiger partial charge in [-0.05, 0) is 49.7 Å². The molecule has 0 unspecified atom stereocenters. The summed E-state index contributed by atoms with van der Waals surface area (Å²) in [6.07, 6.45) is 0. The lowest BCUT2D eigenvalue weighted by atomic mass is 9.94. The quantitative estimate of drug-likeness (QED) is 0.731. The molecule has 2 heterocycles. The van der Waals surface area contributed by atoms with E-state index in [9.17, 15) is 10.1 Å². The molecule has 1 aromatic rings. The SMILES string of the molecule is CCOC(=O)C1=C(C)N=C2SC(C#N)=C(N)N2[C@H]1c1ccc(C)c(Br)c1. The third-order valence-electron chi connectivity index (χ3n) is 4.18. The zero-order valence-corrected chi connectivity index (χ0v) is 16.9. The zero-order chi connectivity index (χ0) is 19.0. The van der Waals surface area contributed by atoms with Crippen LogP contribution in [0.25, 0.3) is 0 Å². The number of aryl methyl sites for hydroxylation is 1. The smallest absolute Gasteiger partial charge is 0.338 e. The third kappa shape index (κ3) is 3.02. The Morgan fingerprint density at radius 2 is 2.23 bits per heavy atom. The van der Waals surface area contributed by atoms with Gasteiger partial charge in [-0.25, -0.2) is 9.79 Å². The molecule has 1 aromatic carbocycles. The number of carbonyl (C=O) groups is 1. The first kappa shape index (κ1) is 18.5. The summed E-state index contributed by atoms with van der Waals surface area (Å²) >= 11 is 4.76. The molecule has 2 aliphatic heterocycles. The molecule has 1 atom stereocenters. The van der Waals surface area contributed by atoms with E-state index in [1.165, 1.54) is 11.8 Å². The molecule has 0 amide bonds. The summed E-state index contributed by atoms with van der Waals surface area (Å²) in [6.45, 7) is 5.78. The summed E-state index contributed by atoms with van der Waals surface area (Å²) in [5.74, 6) is -0.134. The average molecular weight is 433 g/mol. The van der Waals surface area contributed by atoms with Gasteiger partial charge in [-0.3, -0.25) is 4.90 Å². The van der Waals surface area contributed by atoms with E-state index in [0.29, 0.717) is 27.2 Å². The van der Waals surface area contributed by atoms with Gasteiger partial charge in [-0.1, -0.05) is 28.1 Å². The van der Waals surface area contributed by atoms with Crippen molar-refractivity contribution < 1.29 is 9.53 Å². The summed E-state index contributed by atoms with van der Waals surface area (Å²) in [5.41, 5.74) is 9.15. The number of thioether (sulfide) groups is 1. The van der Waals surface area contributed by atoms with Crippen molar-refractivity contribution in [1.29, 1.82) is 5.26 Å². The second kappa shape index (κ2) is 7.17. The van der Waals surface area contributed by atoms with Crippen molar-refractivity contribution in [2.45, 2.75) is 26.8 Å². The standard InChI is InChI=1S/C18H17BrN4O2S/c1-4-25-17(24)14-10(3)22-18-23(16(21)13(8-20)26-18)15(14)11-6-5-9(2)12(19)7-11/h5-7,15H,4,21H2,1-3H3/t15-/m0/s1. The third-order valence-corrected chi connectivity index (χ3v) is 6.01. The second-order valence-electron chi connectivity index (χ2n) is 5.82. The highest BCUT2D eigenvalue weighted by molar-refractivity contribution is 9.10. The van der Waals surface area contributed by atoms with Crippen LogP contribution in [0.4, 0.5) is 0 Å². The molecule has 0 saturated carbocycles. The number of nitrogens with two attached hydrogens (primary N) is 1. The minimum atomic E-state index is -0.503. The number of carbonyl (C=O) groups excluding carboxylic acids is 1. The molecule has 0 fully saturated rings. The average Bonchev–Trinajstić information content (AvgIpc) is 2.92. The molecule has 3 rings (SSSR count). The minimum absolute atomic E-state index is 0.264. The van der Waals surface area contributed by atoms with Crippen molar-refractivity contribution in [2.75, 3.05) is 6.61 Å². The molecule has 8 heteroatoms. The van der Waals surface area contributed by atoms with Gasteiger partial charge < -0.3 is 10.5 Å². The van der Waals surface area contributed by atoms with E-state index in [2.05, 4.69) is 27.0 Å². The number of allylic oxidation sites excluding steroid dienone is 2. The summed E-state index contributed by atoms with van der Waals surface area (Å²) in [7, 11) is 0. The fourth-order valence-electron chi connectivity index (χ4n) is 2.91. The Labute approximate surface area is 164 Å². The molecular formula is C18H17BrN4O2S. The van der Waals surface area contributed by atoms with Crippen molar-refractivity contribution in [3.05, 3.63) is 55.8 Å². The molecule has 0 radical (unpaired) electrons. The largest absolute Gasteiger partial charge is 0.463 e. The maximum atomic E-state index is 12.7. The number of ether oxygens (including phenoxy) is 1. The Morgan fingerprint density at radius 3 is 2.85 bits per heavy atom. The highest BCUT2D eigenvalue weighted by Crippen LogP contribution is 2.45. The lowest BCUT2D eigenvalue weighted by molar-refractivity contribution is -0.139. The van der Waals surface area contributed by atoms with Gasteiger partial charge in [-0.15, -0.1) is 0 Å². The Morgan fingerprint density at radius 1 is 1.50 bits per heavy atom. The van der Waals surface area contributed by atoms with Gasteiger partial charge in [0.05, 0.1) is 23.9 Å². The van der Waals surface area contributed by atoms with Crippen molar-refractivity contribution in [2.24, 2.45) is 10.7 Å². The fourth-order valence-corrected chi connectivity index (χ4v) is 4.22. The van der Waals surface area contributed by atoms with Gasteiger partial charge in [0.25, 0.3) is 0 Å². The van der Waals surface area contributed by atoms with Crippen LogP contribution in [0.15, 0.2) is 49.7 Å². The predicted octanol–water partition coefficient (Wildman–Crippen LogP) is 3.71. The monoisotopic (exact) mass is 432 g/mol. The first-order chi connectivity index (χ1) is 12.4. The molecule has 0 aromatic heterocycles. The first-order valence-electron chi connectivity index (χ1n) is 7.98. The highest BCUT2D eigenvalue weighted by atomic mass is 79.9. The van der Waals surface area contributed by atoms with Crippen molar-refractivity contribution in [3.8, 4) is 6.07 Å². The summed E-state index contributed by atoms with van der Waals surface area (Å²) in [4.78, 5) is 19.3. The molecule has 2 aliphatic rings. The number of esters is 1. The molecule has 2 N–H and O–H groups in total. The Kier molecular flexibility index (Phi) is 5.12. The summed E-state index contributed by atoms with van der Waals surface area (Å²) in [5, 5.41) is 9.93. The number of rotatable bonds is 3. The maximum Gasteiger partial charge on any atom is 0.338 e. The van der Waals surface area contributed by atoms with Crippen LogP contribution in [0, 0.1) is 18.3 Å². The molecular weight excluding hydrogens is 416 g/mol. The van der Waals surface area contributed by atoms with Gasteiger partial charge in [0.15, 0.2) is 5.17 Å². The fraction of sp³-hybridized carbons (Fsp3) is 0.278. The number of halogens is 1. The van der Waals surface area contributed by atoms with Gasteiger partial charge in [0, 0.05) is 4.47 Å². The van der Waals surface area contributed by atoms with Crippen LogP contribution in [0.5, 0.6) is 0 Å². The number of benzene rings is 1. The molecule has 6 nitrogen and oxygen atoms in total. The van der Waals surface area contributed by atoms with Crippen LogP contribution in [0.3, 0.4) is 0 Å². The Hall–Kier alpha value is -2.24. The van der Waals surface area contributed by atoms with Gasteiger partial charge >= 0.3 is 5.97 Å². The van der Waals surface area contributed by atoms with Gasteiger partial charge in [0.2, 0.25) is 0 Å². The second-order valence-corrected chi connectivity index (χ2v) is 7.66. The number of amidine groups is 1. The Bertz CT molecular complexity index is 930. The summed E-state index contributed by atoms with van der Waals surface area (Å²) in [6, 6.07) is 7.47. The van der Waals surface area contributed by atoms with Gasteiger partial charge in [0.1, 0.15) is 16.8 Å². The van der Waals surface area contributed by atoms with Crippen LogP contribution in [0.1, 0.15) is 31.0 Å². The normalized spacial score (nSPS) is 19.3. The lowest BCUT2D eigenvalue weighted by Crippen LogP contribution is -2.38. The number of aliphatic imine (C=N–C) groups is 1. The molecule has 0 spiro atoms. The van der Waals surface area contributed by atoms with E-state index < -0.39 is 12.0 Å². The lowest BCUT2D eigenvalue weighted by Gasteiger charge is -2.35. The number of fused-ring (bicyclic) bond motifs is 1. The first-order valence-corrected chi connectivity index (χ1v) is 9.59. The van der Waals surface area contributed by atoms with Crippen molar-refractivity contribution >= 4 is 38.8 Å². The highest BCUT2D eigenvalue weighted by Gasteiger charge is 2.42. The van der Waals surface area contributed by atoms with E-state index in [0.717, 1.165) is 15.6 Å². The van der Waals surface area contributed by atoms with E-state index in [1.807, 2.05) is 25.1 Å².